The third-order valence-electron chi connectivity index (χ3n) is 2.50. The van der Waals surface area contributed by atoms with Gasteiger partial charge in [0.1, 0.15) is 0 Å². The molecule has 0 atom stereocenters. The summed E-state index contributed by atoms with van der Waals surface area (Å²) in [4.78, 5) is 4.47. The lowest BCUT2D eigenvalue weighted by Gasteiger charge is -2.20. The number of halogens is 1. The maximum absolute atomic E-state index is 11.8. The average molecular weight is 440 g/mol. The molecule has 0 saturated carbocycles. The Morgan fingerprint density at radius 1 is 1.23 bits per heavy atom. The standard InChI is InChI=1S/C14H24N4O2S.HI/c1-5-17-21(19,20)12-8-6-11(7-9-12)10-16-13(15)18-14(2,3)4;/h6-9,17H,5,10H2,1-4H3,(H3,15,16,18);1H. The van der Waals surface area contributed by atoms with Gasteiger partial charge in [-0.1, -0.05) is 19.1 Å². The van der Waals surface area contributed by atoms with Crippen molar-refractivity contribution in [3.05, 3.63) is 29.8 Å². The molecule has 0 aliphatic carbocycles. The first-order chi connectivity index (χ1) is 9.64. The second-order valence-corrected chi connectivity index (χ2v) is 7.49. The highest BCUT2D eigenvalue weighted by atomic mass is 127. The Hall–Kier alpha value is -0.870. The quantitative estimate of drug-likeness (QED) is 0.370. The summed E-state index contributed by atoms with van der Waals surface area (Å²) in [6, 6.07) is 6.60. The minimum atomic E-state index is -3.41. The number of benzene rings is 1. The first kappa shape index (κ1) is 21.1. The maximum atomic E-state index is 11.8. The molecule has 0 amide bonds. The van der Waals surface area contributed by atoms with E-state index >= 15 is 0 Å². The molecule has 1 aromatic rings. The molecule has 0 aliphatic heterocycles. The van der Waals surface area contributed by atoms with E-state index in [9.17, 15) is 8.42 Å². The molecule has 0 bridgehead atoms. The van der Waals surface area contributed by atoms with Crippen molar-refractivity contribution < 1.29 is 8.42 Å². The van der Waals surface area contributed by atoms with Crippen LogP contribution in [0.5, 0.6) is 0 Å². The van der Waals surface area contributed by atoms with E-state index in [2.05, 4.69) is 15.0 Å². The van der Waals surface area contributed by atoms with Gasteiger partial charge in [-0.3, -0.25) is 0 Å². The molecule has 0 aromatic heterocycles. The Morgan fingerprint density at radius 2 is 1.77 bits per heavy atom. The summed E-state index contributed by atoms with van der Waals surface area (Å²) in [7, 11) is -3.41. The zero-order valence-corrected chi connectivity index (χ0v) is 16.5. The highest BCUT2D eigenvalue weighted by molar-refractivity contribution is 14.0. The van der Waals surface area contributed by atoms with E-state index in [0.717, 1.165) is 5.56 Å². The van der Waals surface area contributed by atoms with E-state index in [1.54, 1.807) is 31.2 Å². The third kappa shape index (κ3) is 7.41. The number of rotatable bonds is 5. The van der Waals surface area contributed by atoms with Gasteiger partial charge in [0.15, 0.2) is 5.96 Å². The highest BCUT2D eigenvalue weighted by Crippen LogP contribution is 2.11. The van der Waals surface area contributed by atoms with Crippen molar-refractivity contribution in [3.8, 4) is 0 Å². The normalized spacial score (nSPS) is 12.6. The molecule has 6 nitrogen and oxygen atoms in total. The fourth-order valence-corrected chi connectivity index (χ4v) is 2.69. The fourth-order valence-electron chi connectivity index (χ4n) is 1.65. The Morgan fingerprint density at radius 3 is 2.23 bits per heavy atom. The van der Waals surface area contributed by atoms with Crippen LogP contribution in [0, 0.1) is 0 Å². The van der Waals surface area contributed by atoms with Crippen molar-refractivity contribution in [3.63, 3.8) is 0 Å². The van der Waals surface area contributed by atoms with E-state index < -0.39 is 10.0 Å². The number of nitrogens with one attached hydrogen (secondary N) is 2. The van der Waals surface area contributed by atoms with Crippen LogP contribution in [0.2, 0.25) is 0 Å². The lowest BCUT2D eigenvalue weighted by atomic mass is 10.1. The number of guanidine groups is 1. The first-order valence-corrected chi connectivity index (χ1v) is 8.29. The Labute approximate surface area is 150 Å². The van der Waals surface area contributed by atoms with Crippen LogP contribution in [0.4, 0.5) is 0 Å². The Bertz CT molecular complexity index is 592. The van der Waals surface area contributed by atoms with Crippen LogP contribution in [-0.2, 0) is 16.6 Å². The largest absolute Gasteiger partial charge is 0.370 e. The van der Waals surface area contributed by atoms with Gasteiger partial charge < -0.3 is 11.1 Å². The van der Waals surface area contributed by atoms with Gasteiger partial charge in [-0.2, -0.15) is 0 Å². The molecule has 22 heavy (non-hydrogen) atoms. The van der Waals surface area contributed by atoms with Crippen molar-refractivity contribution in [2.24, 2.45) is 10.7 Å². The van der Waals surface area contributed by atoms with Gasteiger partial charge in [-0.05, 0) is 38.5 Å². The van der Waals surface area contributed by atoms with Crippen LogP contribution in [-0.4, -0.2) is 26.5 Å². The topological polar surface area (TPSA) is 96.6 Å². The molecule has 1 rings (SSSR count). The molecule has 4 N–H and O–H groups in total. The van der Waals surface area contributed by atoms with Crippen LogP contribution in [0.3, 0.4) is 0 Å². The van der Waals surface area contributed by atoms with E-state index in [1.807, 2.05) is 20.8 Å². The van der Waals surface area contributed by atoms with Crippen molar-refractivity contribution in [1.29, 1.82) is 0 Å². The molecule has 0 spiro atoms. The lowest BCUT2D eigenvalue weighted by Crippen LogP contribution is -2.44. The molecular formula is C14H25IN4O2S. The molecule has 0 unspecified atom stereocenters. The van der Waals surface area contributed by atoms with Crippen LogP contribution in [0.25, 0.3) is 0 Å². The van der Waals surface area contributed by atoms with Crippen molar-refractivity contribution in [2.45, 2.75) is 44.7 Å². The van der Waals surface area contributed by atoms with Crippen molar-refractivity contribution in [2.75, 3.05) is 6.54 Å². The van der Waals surface area contributed by atoms with Crippen LogP contribution in [0.1, 0.15) is 33.3 Å². The third-order valence-corrected chi connectivity index (χ3v) is 4.06. The first-order valence-electron chi connectivity index (χ1n) is 6.81. The fraction of sp³-hybridized carbons (Fsp3) is 0.500. The van der Waals surface area contributed by atoms with Gasteiger partial charge in [-0.15, -0.1) is 24.0 Å². The summed E-state index contributed by atoms with van der Waals surface area (Å²) in [5.74, 6) is 0.367. The molecule has 0 heterocycles. The van der Waals surface area contributed by atoms with Gasteiger partial charge >= 0.3 is 0 Å². The average Bonchev–Trinajstić information content (AvgIpc) is 2.35. The smallest absolute Gasteiger partial charge is 0.240 e. The van der Waals surface area contributed by atoms with Gasteiger partial charge in [0, 0.05) is 12.1 Å². The van der Waals surface area contributed by atoms with Crippen molar-refractivity contribution in [1.82, 2.24) is 10.0 Å². The van der Waals surface area contributed by atoms with E-state index in [-0.39, 0.29) is 34.4 Å². The Balaban J connectivity index is 0.00000441. The minimum Gasteiger partial charge on any atom is -0.370 e. The van der Waals surface area contributed by atoms with Gasteiger partial charge in [-0.25, -0.2) is 18.1 Å². The monoisotopic (exact) mass is 440 g/mol. The van der Waals surface area contributed by atoms with E-state index in [4.69, 9.17) is 5.73 Å². The van der Waals surface area contributed by atoms with E-state index in [1.165, 1.54) is 0 Å². The number of aliphatic imine (C=N–C) groups is 1. The zero-order valence-electron chi connectivity index (χ0n) is 13.4. The lowest BCUT2D eigenvalue weighted by molar-refractivity contribution is 0.508. The number of nitrogens with two attached hydrogens (primary N) is 1. The molecular weight excluding hydrogens is 415 g/mol. The summed E-state index contributed by atoms with van der Waals surface area (Å²) in [5.41, 5.74) is 6.53. The molecule has 8 heteroatoms. The summed E-state index contributed by atoms with van der Waals surface area (Å²) in [6.45, 7) is 8.49. The molecule has 0 aliphatic rings. The maximum Gasteiger partial charge on any atom is 0.240 e. The van der Waals surface area contributed by atoms with Gasteiger partial charge in [0.25, 0.3) is 0 Å². The number of hydrogen-bond donors (Lipinski definition) is 3. The van der Waals surface area contributed by atoms with Gasteiger partial charge in [0.05, 0.1) is 11.4 Å². The molecule has 0 radical (unpaired) electrons. The number of nitrogens with zero attached hydrogens (tertiary/aromatic N) is 1. The van der Waals surface area contributed by atoms with Crippen LogP contribution >= 0.6 is 24.0 Å². The minimum absolute atomic E-state index is 0. The van der Waals surface area contributed by atoms with Crippen LogP contribution < -0.4 is 15.8 Å². The molecule has 126 valence electrons. The van der Waals surface area contributed by atoms with Gasteiger partial charge in [0.2, 0.25) is 10.0 Å². The van der Waals surface area contributed by atoms with Crippen LogP contribution in [0.15, 0.2) is 34.2 Å². The summed E-state index contributed by atoms with van der Waals surface area (Å²) in [6.07, 6.45) is 0. The molecule has 0 saturated heterocycles. The second kappa shape index (κ2) is 8.68. The predicted molar refractivity (Wildman–Crippen MR) is 101 cm³/mol. The summed E-state index contributed by atoms with van der Waals surface area (Å²) < 4.78 is 26.0. The zero-order chi connectivity index (χ0) is 16.1. The highest BCUT2D eigenvalue weighted by Gasteiger charge is 2.12. The summed E-state index contributed by atoms with van der Waals surface area (Å²) >= 11 is 0. The molecule has 1 aromatic carbocycles. The Kier molecular flexibility index (Phi) is 8.34. The summed E-state index contributed by atoms with van der Waals surface area (Å²) in [5, 5.41) is 3.06. The second-order valence-electron chi connectivity index (χ2n) is 5.72. The number of hydrogen-bond acceptors (Lipinski definition) is 3. The van der Waals surface area contributed by atoms with Crippen molar-refractivity contribution >= 4 is 40.0 Å². The predicted octanol–water partition coefficient (Wildman–Crippen LogP) is 1.81. The molecule has 0 fully saturated rings. The SMILES string of the molecule is CCNS(=O)(=O)c1ccc(CN=C(N)NC(C)(C)C)cc1.I. The number of sulfonamides is 1. The van der Waals surface area contributed by atoms with E-state index in [0.29, 0.717) is 19.0 Å².